The monoisotopic (exact) mass is 342 g/mol. The number of nitrogens with zero attached hydrogens (tertiary/aromatic N) is 1. The standard InChI is InChI=1S/C16H11BrN2O2/c17-14-3-1-2-13-12(14)8-9-18-15(13)19-11-6-4-10(5-7-11)16(20)21/h1-9H,(H,18,19)(H,20,21). The van der Waals surface area contributed by atoms with Crippen molar-refractivity contribution in [2.24, 2.45) is 0 Å². The van der Waals surface area contributed by atoms with E-state index in [1.807, 2.05) is 24.3 Å². The van der Waals surface area contributed by atoms with Crippen molar-refractivity contribution in [3.63, 3.8) is 0 Å². The summed E-state index contributed by atoms with van der Waals surface area (Å²) in [6, 6.07) is 14.4. The number of carbonyl (C=O) groups is 1. The zero-order valence-electron chi connectivity index (χ0n) is 10.9. The van der Waals surface area contributed by atoms with E-state index in [0.717, 1.165) is 26.8 Å². The second kappa shape index (κ2) is 5.54. The molecule has 1 heterocycles. The number of pyridine rings is 1. The number of fused-ring (bicyclic) bond motifs is 1. The molecule has 0 saturated heterocycles. The third-order valence-corrected chi connectivity index (χ3v) is 3.84. The van der Waals surface area contributed by atoms with E-state index in [9.17, 15) is 4.79 Å². The average Bonchev–Trinajstić information content (AvgIpc) is 2.49. The molecule has 0 atom stereocenters. The maximum absolute atomic E-state index is 10.8. The number of aromatic nitrogens is 1. The Morgan fingerprint density at radius 1 is 1.05 bits per heavy atom. The normalized spacial score (nSPS) is 10.5. The fourth-order valence-corrected chi connectivity index (χ4v) is 2.60. The van der Waals surface area contributed by atoms with Gasteiger partial charge in [-0.2, -0.15) is 0 Å². The van der Waals surface area contributed by atoms with Crippen molar-refractivity contribution < 1.29 is 9.90 Å². The first-order valence-corrected chi connectivity index (χ1v) is 7.08. The Balaban J connectivity index is 1.98. The van der Waals surface area contributed by atoms with Crippen LogP contribution < -0.4 is 5.32 Å². The first-order valence-electron chi connectivity index (χ1n) is 6.29. The van der Waals surface area contributed by atoms with Gasteiger partial charge >= 0.3 is 5.97 Å². The van der Waals surface area contributed by atoms with Crippen molar-refractivity contribution in [2.75, 3.05) is 5.32 Å². The van der Waals surface area contributed by atoms with Crippen LogP contribution >= 0.6 is 15.9 Å². The van der Waals surface area contributed by atoms with Crippen LogP contribution in [0.25, 0.3) is 10.8 Å². The van der Waals surface area contributed by atoms with Crippen molar-refractivity contribution in [2.45, 2.75) is 0 Å². The summed E-state index contributed by atoms with van der Waals surface area (Å²) >= 11 is 3.52. The summed E-state index contributed by atoms with van der Waals surface area (Å²) in [5.74, 6) is -0.203. The third-order valence-electron chi connectivity index (χ3n) is 3.15. The van der Waals surface area contributed by atoms with E-state index in [1.54, 1.807) is 30.5 Å². The van der Waals surface area contributed by atoms with Gasteiger partial charge in [0, 0.05) is 27.1 Å². The maximum atomic E-state index is 10.8. The van der Waals surface area contributed by atoms with Crippen LogP contribution in [0.4, 0.5) is 11.5 Å². The molecule has 5 heteroatoms. The molecule has 0 saturated carbocycles. The Labute approximate surface area is 129 Å². The second-order valence-corrected chi connectivity index (χ2v) is 5.36. The summed E-state index contributed by atoms with van der Waals surface area (Å²) in [6.45, 7) is 0. The number of anilines is 2. The molecule has 0 fully saturated rings. The van der Waals surface area contributed by atoms with E-state index in [4.69, 9.17) is 5.11 Å². The number of nitrogens with one attached hydrogen (secondary N) is 1. The van der Waals surface area contributed by atoms with Crippen molar-refractivity contribution in [3.8, 4) is 0 Å². The minimum Gasteiger partial charge on any atom is -0.478 e. The Morgan fingerprint density at radius 2 is 1.81 bits per heavy atom. The highest BCUT2D eigenvalue weighted by Gasteiger charge is 2.06. The Hall–Kier alpha value is -2.40. The summed E-state index contributed by atoms with van der Waals surface area (Å²) in [7, 11) is 0. The number of aromatic carboxylic acids is 1. The number of rotatable bonds is 3. The molecule has 0 unspecified atom stereocenters. The largest absolute Gasteiger partial charge is 0.478 e. The van der Waals surface area contributed by atoms with Crippen LogP contribution in [-0.2, 0) is 0 Å². The molecule has 0 radical (unpaired) electrons. The van der Waals surface area contributed by atoms with Gasteiger partial charge in [0.05, 0.1) is 5.56 Å². The Bertz CT molecular complexity index is 816. The van der Waals surface area contributed by atoms with Crippen LogP contribution in [-0.4, -0.2) is 16.1 Å². The lowest BCUT2D eigenvalue weighted by molar-refractivity contribution is 0.0697. The van der Waals surface area contributed by atoms with E-state index in [1.165, 1.54) is 0 Å². The number of carboxylic acid groups (broad SMARTS) is 1. The minimum atomic E-state index is -0.936. The molecular formula is C16H11BrN2O2. The van der Waals surface area contributed by atoms with Crippen molar-refractivity contribution >= 4 is 44.2 Å². The lowest BCUT2D eigenvalue weighted by atomic mass is 10.1. The topological polar surface area (TPSA) is 62.2 Å². The van der Waals surface area contributed by atoms with E-state index in [0.29, 0.717) is 0 Å². The van der Waals surface area contributed by atoms with Crippen LogP contribution in [0.3, 0.4) is 0 Å². The molecule has 1 aromatic heterocycles. The molecule has 0 bridgehead atoms. The molecule has 104 valence electrons. The van der Waals surface area contributed by atoms with E-state index < -0.39 is 5.97 Å². The first kappa shape index (κ1) is 13.6. The number of halogens is 1. The smallest absolute Gasteiger partial charge is 0.335 e. The van der Waals surface area contributed by atoms with Crippen LogP contribution in [0.15, 0.2) is 59.2 Å². The van der Waals surface area contributed by atoms with Crippen LogP contribution in [0.1, 0.15) is 10.4 Å². The Kier molecular flexibility index (Phi) is 3.58. The maximum Gasteiger partial charge on any atom is 0.335 e. The summed E-state index contributed by atoms with van der Waals surface area (Å²) in [5, 5.41) is 14.2. The van der Waals surface area contributed by atoms with Crippen molar-refractivity contribution in [3.05, 3.63) is 64.8 Å². The highest BCUT2D eigenvalue weighted by molar-refractivity contribution is 9.10. The molecule has 0 spiro atoms. The van der Waals surface area contributed by atoms with Gasteiger partial charge in [-0.05, 0) is 36.4 Å². The molecule has 3 rings (SSSR count). The Morgan fingerprint density at radius 3 is 2.52 bits per heavy atom. The highest BCUT2D eigenvalue weighted by Crippen LogP contribution is 2.29. The van der Waals surface area contributed by atoms with E-state index in [-0.39, 0.29) is 5.56 Å². The van der Waals surface area contributed by atoms with Crippen LogP contribution in [0, 0.1) is 0 Å². The lowest BCUT2D eigenvalue weighted by Crippen LogP contribution is -1.98. The van der Waals surface area contributed by atoms with E-state index >= 15 is 0 Å². The quantitative estimate of drug-likeness (QED) is 0.738. The van der Waals surface area contributed by atoms with Gasteiger partial charge in [0.2, 0.25) is 0 Å². The van der Waals surface area contributed by atoms with Crippen molar-refractivity contribution in [1.29, 1.82) is 0 Å². The molecule has 2 N–H and O–H groups in total. The lowest BCUT2D eigenvalue weighted by Gasteiger charge is -2.09. The zero-order chi connectivity index (χ0) is 14.8. The van der Waals surface area contributed by atoms with Gasteiger partial charge in [0.15, 0.2) is 0 Å². The van der Waals surface area contributed by atoms with Crippen molar-refractivity contribution in [1.82, 2.24) is 4.98 Å². The summed E-state index contributed by atoms with van der Waals surface area (Å²) in [4.78, 5) is 15.2. The number of benzene rings is 2. The molecule has 3 aromatic rings. The molecule has 2 aromatic carbocycles. The summed E-state index contributed by atoms with van der Waals surface area (Å²) < 4.78 is 1.01. The predicted octanol–water partition coefficient (Wildman–Crippen LogP) is 4.44. The molecule has 4 nitrogen and oxygen atoms in total. The van der Waals surface area contributed by atoms with Gasteiger partial charge in [0.25, 0.3) is 0 Å². The molecule has 0 aliphatic heterocycles. The first-order chi connectivity index (χ1) is 10.1. The van der Waals surface area contributed by atoms with Crippen LogP contribution in [0.2, 0.25) is 0 Å². The highest BCUT2D eigenvalue weighted by atomic mass is 79.9. The predicted molar refractivity (Wildman–Crippen MR) is 86.1 cm³/mol. The van der Waals surface area contributed by atoms with Gasteiger partial charge in [-0.25, -0.2) is 9.78 Å². The molecule has 0 aliphatic carbocycles. The number of carboxylic acids is 1. The number of hydrogen-bond donors (Lipinski definition) is 2. The molecule has 0 amide bonds. The number of hydrogen-bond acceptors (Lipinski definition) is 3. The summed E-state index contributed by atoms with van der Waals surface area (Å²) in [5.41, 5.74) is 1.05. The summed E-state index contributed by atoms with van der Waals surface area (Å²) in [6.07, 6.45) is 1.74. The molecule has 21 heavy (non-hydrogen) atoms. The van der Waals surface area contributed by atoms with Gasteiger partial charge in [0.1, 0.15) is 5.82 Å². The SMILES string of the molecule is O=C(O)c1ccc(Nc2nccc3c(Br)cccc23)cc1. The third kappa shape index (κ3) is 2.73. The van der Waals surface area contributed by atoms with Crippen LogP contribution in [0.5, 0.6) is 0 Å². The van der Waals surface area contributed by atoms with Gasteiger partial charge in [-0.1, -0.05) is 28.1 Å². The van der Waals surface area contributed by atoms with Gasteiger partial charge < -0.3 is 10.4 Å². The fourth-order valence-electron chi connectivity index (χ4n) is 2.10. The molecular weight excluding hydrogens is 332 g/mol. The molecule has 0 aliphatic rings. The van der Waals surface area contributed by atoms with Gasteiger partial charge in [-0.3, -0.25) is 0 Å². The van der Waals surface area contributed by atoms with E-state index in [2.05, 4.69) is 26.2 Å². The minimum absolute atomic E-state index is 0.258. The van der Waals surface area contributed by atoms with Gasteiger partial charge in [-0.15, -0.1) is 0 Å². The average molecular weight is 343 g/mol. The fraction of sp³-hybridized carbons (Fsp3) is 0. The zero-order valence-corrected chi connectivity index (χ0v) is 12.5. The second-order valence-electron chi connectivity index (χ2n) is 4.50.